The number of nitrogens with two attached hydrogens (primary N) is 2. The lowest BCUT2D eigenvalue weighted by Crippen LogP contribution is -2.32. The predicted molar refractivity (Wildman–Crippen MR) is 145 cm³/mol. The maximum atomic E-state index is 6.47. The highest BCUT2D eigenvalue weighted by molar-refractivity contribution is 5.72. The van der Waals surface area contributed by atoms with Gasteiger partial charge in [-0.25, -0.2) is 5.84 Å². The van der Waals surface area contributed by atoms with Gasteiger partial charge in [-0.05, 0) is 72.7 Å². The molecule has 2 atom stereocenters. The third-order valence-corrected chi connectivity index (χ3v) is 7.30. The summed E-state index contributed by atoms with van der Waals surface area (Å²) in [6.45, 7) is 11.3. The zero-order chi connectivity index (χ0) is 25.1. The second-order valence-electron chi connectivity index (χ2n) is 9.74. The number of hydrogen-bond acceptors (Lipinski definition) is 6. The predicted octanol–water partition coefficient (Wildman–Crippen LogP) is 5.31. The standard InChI is InChI=1S/C29H39N5O/c1-6-23-17-34(18-26-28(35-23)9-8-14-32-26)16-22-15-21(11-10-19(22)3)24(7-2)25-12-13-27(33(5)31)29(30)20(25)4/h8-15,23-24H,6-7,16-18,30-31H2,1-5H3/t23-,24-/m1/s1. The van der Waals surface area contributed by atoms with Crippen molar-refractivity contribution >= 4 is 11.4 Å². The number of fused-ring (bicyclic) bond motifs is 1. The molecule has 0 bridgehead atoms. The number of rotatable bonds is 7. The molecule has 6 heteroatoms. The number of aryl methyl sites for hydroxylation is 1. The van der Waals surface area contributed by atoms with Crippen molar-refractivity contribution in [3.63, 3.8) is 0 Å². The molecule has 0 radical (unpaired) electrons. The fraction of sp³-hybridized carbons (Fsp3) is 0.414. The van der Waals surface area contributed by atoms with Crippen LogP contribution in [0.2, 0.25) is 0 Å². The molecule has 1 aromatic heterocycles. The first kappa shape index (κ1) is 25.0. The van der Waals surface area contributed by atoms with Gasteiger partial charge in [-0.1, -0.05) is 38.1 Å². The number of anilines is 2. The zero-order valence-corrected chi connectivity index (χ0v) is 21.7. The summed E-state index contributed by atoms with van der Waals surface area (Å²) in [6.07, 6.45) is 3.98. The van der Waals surface area contributed by atoms with Crippen molar-refractivity contribution in [3.8, 4) is 5.75 Å². The molecule has 35 heavy (non-hydrogen) atoms. The minimum atomic E-state index is 0.164. The van der Waals surface area contributed by atoms with Gasteiger partial charge < -0.3 is 15.5 Å². The van der Waals surface area contributed by atoms with Crippen molar-refractivity contribution in [1.29, 1.82) is 0 Å². The number of aromatic nitrogens is 1. The van der Waals surface area contributed by atoms with Gasteiger partial charge in [0.05, 0.1) is 17.1 Å². The van der Waals surface area contributed by atoms with Gasteiger partial charge in [0.2, 0.25) is 0 Å². The Kier molecular flexibility index (Phi) is 7.63. The third-order valence-electron chi connectivity index (χ3n) is 7.30. The monoisotopic (exact) mass is 473 g/mol. The van der Waals surface area contributed by atoms with Gasteiger partial charge in [0.25, 0.3) is 0 Å². The van der Waals surface area contributed by atoms with E-state index in [1.807, 2.05) is 31.4 Å². The minimum Gasteiger partial charge on any atom is -0.487 e. The Labute approximate surface area is 209 Å². The van der Waals surface area contributed by atoms with Crippen LogP contribution in [0.1, 0.15) is 66.1 Å². The number of hydrazine groups is 1. The Hall–Kier alpha value is -3.09. The molecule has 1 aliphatic heterocycles. The first-order chi connectivity index (χ1) is 16.8. The first-order valence-corrected chi connectivity index (χ1v) is 12.6. The van der Waals surface area contributed by atoms with Gasteiger partial charge in [-0.15, -0.1) is 0 Å². The summed E-state index contributed by atoms with van der Waals surface area (Å²) in [5, 5.41) is 1.58. The van der Waals surface area contributed by atoms with E-state index < -0.39 is 0 Å². The summed E-state index contributed by atoms with van der Waals surface area (Å²) >= 11 is 0. The first-order valence-electron chi connectivity index (χ1n) is 12.6. The van der Waals surface area contributed by atoms with Crippen LogP contribution < -0.4 is 21.3 Å². The van der Waals surface area contributed by atoms with Crippen LogP contribution in [0.5, 0.6) is 5.75 Å². The van der Waals surface area contributed by atoms with E-state index in [0.717, 1.165) is 60.9 Å². The van der Waals surface area contributed by atoms with Crippen LogP contribution in [-0.4, -0.2) is 29.6 Å². The van der Waals surface area contributed by atoms with E-state index in [2.05, 4.69) is 61.8 Å². The molecule has 0 fully saturated rings. The zero-order valence-electron chi connectivity index (χ0n) is 21.7. The van der Waals surface area contributed by atoms with Gasteiger partial charge in [0.1, 0.15) is 11.9 Å². The van der Waals surface area contributed by atoms with Crippen molar-refractivity contribution in [2.45, 2.75) is 65.6 Å². The molecule has 4 rings (SSSR count). The van der Waals surface area contributed by atoms with Crippen LogP contribution in [0, 0.1) is 13.8 Å². The SMILES string of the molecule is CC[C@@H]1CN(Cc2cc([C@@H](CC)c3ccc(N(C)N)c(N)c3C)ccc2C)Cc2ncccc2O1. The number of ether oxygens (including phenoxy) is 1. The van der Waals surface area contributed by atoms with Gasteiger partial charge >= 0.3 is 0 Å². The highest BCUT2D eigenvalue weighted by atomic mass is 16.5. The molecule has 1 aliphatic rings. The second-order valence-corrected chi connectivity index (χ2v) is 9.74. The Morgan fingerprint density at radius 2 is 1.97 bits per heavy atom. The summed E-state index contributed by atoms with van der Waals surface area (Å²) < 4.78 is 6.26. The molecule has 2 aromatic carbocycles. The lowest BCUT2D eigenvalue weighted by molar-refractivity contribution is 0.139. The van der Waals surface area contributed by atoms with Gasteiger partial charge in [0.15, 0.2) is 0 Å². The molecule has 0 unspecified atom stereocenters. The van der Waals surface area contributed by atoms with Gasteiger partial charge in [-0.3, -0.25) is 9.88 Å². The van der Waals surface area contributed by atoms with E-state index in [4.69, 9.17) is 16.3 Å². The van der Waals surface area contributed by atoms with Crippen LogP contribution in [0.3, 0.4) is 0 Å². The molecule has 0 amide bonds. The highest BCUT2D eigenvalue weighted by Gasteiger charge is 2.24. The quantitative estimate of drug-likeness (QED) is 0.275. The van der Waals surface area contributed by atoms with E-state index in [1.165, 1.54) is 22.3 Å². The average molecular weight is 474 g/mol. The number of nitrogen functional groups attached to an aromatic ring is 1. The fourth-order valence-corrected chi connectivity index (χ4v) is 5.13. The summed E-state index contributed by atoms with van der Waals surface area (Å²) in [5.41, 5.74) is 15.4. The van der Waals surface area contributed by atoms with E-state index in [9.17, 15) is 0 Å². The fourth-order valence-electron chi connectivity index (χ4n) is 5.13. The maximum absolute atomic E-state index is 6.47. The van der Waals surface area contributed by atoms with E-state index in [-0.39, 0.29) is 12.0 Å². The van der Waals surface area contributed by atoms with Crippen molar-refractivity contribution < 1.29 is 4.74 Å². The van der Waals surface area contributed by atoms with Crippen molar-refractivity contribution in [1.82, 2.24) is 9.88 Å². The Balaban J connectivity index is 1.64. The molecule has 0 spiro atoms. The molecular weight excluding hydrogens is 434 g/mol. The molecular formula is C29H39N5O. The Bertz CT molecular complexity index is 1180. The third kappa shape index (κ3) is 5.29. The number of pyridine rings is 1. The molecule has 3 aromatic rings. The van der Waals surface area contributed by atoms with E-state index >= 15 is 0 Å². The largest absolute Gasteiger partial charge is 0.487 e. The van der Waals surface area contributed by atoms with Crippen LogP contribution in [0.25, 0.3) is 0 Å². The average Bonchev–Trinajstić information content (AvgIpc) is 3.02. The highest BCUT2D eigenvalue weighted by Crippen LogP contribution is 2.37. The summed E-state index contributed by atoms with van der Waals surface area (Å²) in [6, 6.07) is 15.1. The van der Waals surface area contributed by atoms with E-state index in [0.29, 0.717) is 0 Å². The smallest absolute Gasteiger partial charge is 0.142 e. The van der Waals surface area contributed by atoms with Crippen molar-refractivity contribution in [2.24, 2.45) is 5.84 Å². The summed E-state index contributed by atoms with van der Waals surface area (Å²) in [5.74, 6) is 7.16. The Morgan fingerprint density at radius 3 is 2.69 bits per heavy atom. The number of benzene rings is 2. The summed E-state index contributed by atoms with van der Waals surface area (Å²) in [7, 11) is 1.82. The lowest BCUT2D eigenvalue weighted by Gasteiger charge is -2.26. The van der Waals surface area contributed by atoms with Crippen LogP contribution >= 0.6 is 0 Å². The molecule has 6 nitrogen and oxygen atoms in total. The molecule has 2 heterocycles. The summed E-state index contributed by atoms with van der Waals surface area (Å²) in [4.78, 5) is 7.07. The van der Waals surface area contributed by atoms with Crippen LogP contribution in [-0.2, 0) is 13.1 Å². The van der Waals surface area contributed by atoms with E-state index in [1.54, 1.807) is 5.01 Å². The second kappa shape index (κ2) is 10.7. The number of hydrogen-bond donors (Lipinski definition) is 2. The van der Waals surface area contributed by atoms with Gasteiger partial charge in [0, 0.05) is 38.8 Å². The number of nitrogens with zero attached hydrogens (tertiary/aromatic N) is 3. The van der Waals surface area contributed by atoms with Crippen LogP contribution in [0.4, 0.5) is 11.4 Å². The van der Waals surface area contributed by atoms with Gasteiger partial charge in [-0.2, -0.15) is 0 Å². The lowest BCUT2D eigenvalue weighted by atomic mass is 9.84. The maximum Gasteiger partial charge on any atom is 0.142 e. The molecule has 0 saturated carbocycles. The topological polar surface area (TPSA) is 80.6 Å². The normalized spacial score (nSPS) is 16.8. The molecule has 0 saturated heterocycles. The Morgan fingerprint density at radius 1 is 1.17 bits per heavy atom. The molecule has 4 N–H and O–H groups in total. The van der Waals surface area contributed by atoms with Crippen molar-refractivity contribution in [3.05, 3.63) is 82.2 Å². The molecule has 186 valence electrons. The molecule has 0 aliphatic carbocycles. The van der Waals surface area contributed by atoms with Crippen LogP contribution in [0.15, 0.2) is 48.7 Å². The van der Waals surface area contributed by atoms with Crippen molar-refractivity contribution in [2.75, 3.05) is 24.3 Å². The minimum absolute atomic E-state index is 0.164.